The highest BCUT2D eigenvalue weighted by atomic mass is 16.6. The molecule has 0 spiro atoms. The lowest BCUT2D eigenvalue weighted by Gasteiger charge is -2.32. The molecule has 1 aromatic heterocycles. The molecule has 1 atom stereocenters. The molecule has 0 aromatic carbocycles. The third-order valence-corrected chi connectivity index (χ3v) is 2.59. The van der Waals surface area contributed by atoms with Crippen LogP contribution in [0.25, 0.3) is 0 Å². The summed E-state index contributed by atoms with van der Waals surface area (Å²) in [6.07, 6.45) is 2.59. The second-order valence-electron chi connectivity index (χ2n) is 3.75. The number of imidazole rings is 1. The number of hydrogen-bond acceptors (Lipinski definition) is 5. The van der Waals surface area contributed by atoms with E-state index in [1.54, 1.807) is 0 Å². The maximum Gasteiger partial charge on any atom is 0.419 e. The second-order valence-corrected chi connectivity index (χ2v) is 3.75. The standard InChI is InChI=1S/C10H13N3O5/c14-9(15)13-3-4-17-5-8(13)6-18-10(16)12-2-1-11-7-12/h1-2,7-8H,3-6H2,(H,14,15)/t8-/m0/s1. The van der Waals surface area contributed by atoms with Gasteiger partial charge < -0.3 is 14.6 Å². The summed E-state index contributed by atoms with van der Waals surface area (Å²) in [4.78, 5) is 27.4. The van der Waals surface area contributed by atoms with Gasteiger partial charge in [0.05, 0.1) is 19.3 Å². The van der Waals surface area contributed by atoms with Gasteiger partial charge >= 0.3 is 12.2 Å². The summed E-state index contributed by atoms with van der Waals surface area (Å²) in [6, 6.07) is -0.469. The van der Waals surface area contributed by atoms with Crippen molar-refractivity contribution in [1.29, 1.82) is 0 Å². The van der Waals surface area contributed by atoms with Crippen LogP contribution in [0.2, 0.25) is 0 Å². The van der Waals surface area contributed by atoms with Gasteiger partial charge in [0, 0.05) is 18.9 Å². The van der Waals surface area contributed by atoms with Crippen molar-refractivity contribution in [1.82, 2.24) is 14.5 Å². The number of nitrogens with zero attached hydrogens (tertiary/aromatic N) is 3. The minimum Gasteiger partial charge on any atom is -0.465 e. The number of hydrogen-bond donors (Lipinski definition) is 1. The molecule has 1 aromatic rings. The van der Waals surface area contributed by atoms with E-state index in [4.69, 9.17) is 14.6 Å². The van der Waals surface area contributed by atoms with E-state index >= 15 is 0 Å². The van der Waals surface area contributed by atoms with E-state index in [0.717, 1.165) is 0 Å². The lowest BCUT2D eigenvalue weighted by Crippen LogP contribution is -2.50. The first-order valence-electron chi connectivity index (χ1n) is 5.41. The molecule has 1 fully saturated rings. The van der Waals surface area contributed by atoms with E-state index in [0.29, 0.717) is 6.61 Å². The van der Waals surface area contributed by atoms with Crippen LogP contribution in [0.4, 0.5) is 9.59 Å². The van der Waals surface area contributed by atoms with E-state index in [2.05, 4.69) is 4.98 Å². The normalized spacial score (nSPS) is 19.6. The third kappa shape index (κ3) is 2.77. The van der Waals surface area contributed by atoms with Crippen LogP contribution in [0.5, 0.6) is 0 Å². The first-order chi connectivity index (χ1) is 8.68. The molecule has 0 unspecified atom stereocenters. The van der Waals surface area contributed by atoms with Gasteiger partial charge in [-0.2, -0.15) is 0 Å². The van der Waals surface area contributed by atoms with Crippen LogP contribution in [0, 0.1) is 0 Å². The average molecular weight is 255 g/mol. The van der Waals surface area contributed by atoms with Crippen LogP contribution in [-0.2, 0) is 9.47 Å². The Kier molecular flexibility index (Phi) is 3.78. The Labute approximate surface area is 103 Å². The fraction of sp³-hybridized carbons (Fsp3) is 0.500. The monoisotopic (exact) mass is 255 g/mol. The highest BCUT2D eigenvalue weighted by molar-refractivity contribution is 5.70. The summed E-state index contributed by atoms with van der Waals surface area (Å²) in [5.41, 5.74) is 0. The van der Waals surface area contributed by atoms with E-state index in [9.17, 15) is 9.59 Å². The van der Waals surface area contributed by atoms with Gasteiger partial charge in [0.25, 0.3) is 0 Å². The Balaban J connectivity index is 1.88. The van der Waals surface area contributed by atoms with Gasteiger partial charge in [0.15, 0.2) is 0 Å². The lowest BCUT2D eigenvalue weighted by molar-refractivity contribution is -0.0215. The maximum absolute atomic E-state index is 11.5. The van der Waals surface area contributed by atoms with Gasteiger partial charge in [-0.1, -0.05) is 0 Å². The zero-order valence-electron chi connectivity index (χ0n) is 9.56. The Morgan fingerprint density at radius 3 is 3.06 bits per heavy atom. The molecule has 0 saturated carbocycles. The van der Waals surface area contributed by atoms with Gasteiger partial charge in [-0.05, 0) is 0 Å². The zero-order chi connectivity index (χ0) is 13.0. The summed E-state index contributed by atoms with van der Waals surface area (Å²) in [7, 11) is 0. The minimum absolute atomic E-state index is 0.0384. The molecule has 8 heteroatoms. The van der Waals surface area contributed by atoms with Crippen LogP contribution in [0.15, 0.2) is 18.7 Å². The largest absolute Gasteiger partial charge is 0.465 e. The van der Waals surface area contributed by atoms with Crippen LogP contribution < -0.4 is 0 Å². The molecule has 0 radical (unpaired) electrons. The smallest absolute Gasteiger partial charge is 0.419 e. The SMILES string of the molecule is O=C(O)N1CCOC[C@H]1COC(=O)n1ccnc1. The summed E-state index contributed by atoms with van der Waals surface area (Å²) in [5.74, 6) is 0. The highest BCUT2D eigenvalue weighted by Crippen LogP contribution is 2.08. The minimum atomic E-state index is -1.04. The molecule has 1 N–H and O–H groups in total. The van der Waals surface area contributed by atoms with Crippen molar-refractivity contribution in [2.75, 3.05) is 26.4 Å². The van der Waals surface area contributed by atoms with E-state index < -0.39 is 18.2 Å². The molecule has 1 amide bonds. The molecule has 98 valence electrons. The molecule has 0 aliphatic carbocycles. The number of morpholine rings is 1. The predicted octanol–water partition coefficient (Wildman–Crippen LogP) is 0.247. The Bertz CT molecular complexity index is 419. The molecule has 0 bridgehead atoms. The zero-order valence-corrected chi connectivity index (χ0v) is 9.56. The molecular weight excluding hydrogens is 242 g/mol. The van der Waals surface area contributed by atoms with Crippen molar-refractivity contribution in [3.05, 3.63) is 18.7 Å². The summed E-state index contributed by atoms with van der Waals surface area (Å²) in [6.45, 7) is 0.827. The summed E-state index contributed by atoms with van der Waals surface area (Å²) in [5, 5.41) is 8.97. The average Bonchev–Trinajstić information content (AvgIpc) is 2.90. The Morgan fingerprint density at radius 1 is 1.56 bits per heavy atom. The lowest BCUT2D eigenvalue weighted by atomic mass is 10.2. The highest BCUT2D eigenvalue weighted by Gasteiger charge is 2.28. The summed E-state index contributed by atoms with van der Waals surface area (Å²) >= 11 is 0. The number of aromatic nitrogens is 2. The van der Waals surface area contributed by atoms with Gasteiger partial charge in [-0.15, -0.1) is 0 Å². The van der Waals surface area contributed by atoms with Crippen molar-refractivity contribution < 1.29 is 24.2 Å². The van der Waals surface area contributed by atoms with Crippen molar-refractivity contribution >= 4 is 12.2 Å². The molecule has 1 saturated heterocycles. The third-order valence-electron chi connectivity index (χ3n) is 2.59. The topological polar surface area (TPSA) is 93.9 Å². The fourth-order valence-electron chi connectivity index (χ4n) is 1.65. The van der Waals surface area contributed by atoms with Crippen molar-refractivity contribution in [2.24, 2.45) is 0 Å². The second kappa shape index (κ2) is 5.50. The number of rotatable bonds is 2. The fourth-order valence-corrected chi connectivity index (χ4v) is 1.65. The van der Waals surface area contributed by atoms with Crippen molar-refractivity contribution in [3.8, 4) is 0 Å². The first kappa shape index (κ1) is 12.4. The van der Waals surface area contributed by atoms with Gasteiger partial charge in [0.2, 0.25) is 0 Å². The van der Waals surface area contributed by atoms with Gasteiger partial charge in [-0.25, -0.2) is 19.1 Å². The van der Waals surface area contributed by atoms with Crippen molar-refractivity contribution in [2.45, 2.75) is 6.04 Å². The van der Waals surface area contributed by atoms with Crippen LogP contribution in [-0.4, -0.2) is 64.2 Å². The molecular formula is C10H13N3O5. The molecule has 18 heavy (non-hydrogen) atoms. The molecule has 2 heterocycles. The van der Waals surface area contributed by atoms with E-state index in [1.807, 2.05) is 0 Å². The Hall–Kier alpha value is -2.09. The maximum atomic E-state index is 11.5. The van der Waals surface area contributed by atoms with Gasteiger partial charge in [-0.3, -0.25) is 4.90 Å². The molecule has 1 aliphatic heterocycles. The number of carboxylic acid groups (broad SMARTS) is 1. The number of carbonyl (C=O) groups excluding carboxylic acids is 1. The van der Waals surface area contributed by atoms with Crippen LogP contribution in [0.1, 0.15) is 0 Å². The molecule has 2 rings (SSSR count). The molecule has 8 nitrogen and oxygen atoms in total. The number of amides is 1. The van der Waals surface area contributed by atoms with E-state index in [-0.39, 0.29) is 19.8 Å². The quantitative estimate of drug-likeness (QED) is 0.813. The van der Waals surface area contributed by atoms with Crippen LogP contribution in [0.3, 0.4) is 0 Å². The van der Waals surface area contributed by atoms with Gasteiger partial charge in [0.1, 0.15) is 12.9 Å². The van der Waals surface area contributed by atoms with E-state index in [1.165, 1.54) is 28.2 Å². The molecule has 1 aliphatic rings. The predicted molar refractivity (Wildman–Crippen MR) is 58.3 cm³/mol. The first-order valence-corrected chi connectivity index (χ1v) is 5.41. The number of carbonyl (C=O) groups is 2. The Morgan fingerprint density at radius 2 is 2.39 bits per heavy atom. The number of ether oxygens (including phenoxy) is 2. The van der Waals surface area contributed by atoms with Crippen molar-refractivity contribution in [3.63, 3.8) is 0 Å². The van der Waals surface area contributed by atoms with Crippen LogP contribution >= 0.6 is 0 Å². The summed E-state index contributed by atoms with van der Waals surface area (Å²) < 4.78 is 11.4.